The van der Waals surface area contributed by atoms with Crippen molar-refractivity contribution in [2.24, 2.45) is 7.05 Å². The molecule has 270 valence electrons. The van der Waals surface area contributed by atoms with E-state index >= 15 is 0 Å². The van der Waals surface area contributed by atoms with Gasteiger partial charge in [0.15, 0.2) is 0 Å². The number of rotatable bonds is 11. The lowest BCUT2D eigenvalue weighted by Crippen LogP contribution is -2.36. The highest BCUT2D eigenvalue weighted by Gasteiger charge is 2.22. The zero-order valence-electron chi connectivity index (χ0n) is 29.1. The van der Waals surface area contributed by atoms with E-state index in [0.29, 0.717) is 53.7 Å². The molecule has 4 aromatic heterocycles. The molecule has 0 spiro atoms. The minimum atomic E-state index is -0.154. The van der Waals surface area contributed by atoms with Gasteiger partial charge in [-0.05, 0) is 48.2 Å². The first kappa shape index (κ1) is 35.0. The van der Waals surface area contributed by atoms with Gasteiger partial charge in [-0.1, -0.05) is 59.6 Å². The van der Waals surface area contributed by atoms with Crippen molar-refractivity contribution in [2.75, 3.05) is 13.1 Å². The number of nitrogens with one attached hydrogen (secondary N) is 4. The number of hydrogen-bond donors (Lipinski definition) is 4. The highest BCUT2D eigenvalue weighted by atomic mass is 35.5. The number of amides is 2. The Morgan fingerprint density at radius 1 is 0.792 bits per heavy atom. The van der Waals surface area contributed by atoms with E-state index in [9.17, 15) is 14.4 Å². The van der Waals surface area contributed by atoms with E-state index in [4.69, 9.17) is 28.2 Å². The quantitative estimate of drug-likeness (QED) is 0.135. The molecule has 2 fully saturated rings. The molecule has 8 rings (SSSR count). The molecular formula is C40H38Cl2N8O3. The summed E-state index contributed by atoms with van der Waals surface area (Å²) in [5.41, 5.74) is 7.55. The predicted molar refractivity (Wildman–Crippen MR) is 208 cm³/mol. The maximum absolute atomic E-state index is 13.3. The molecule has 2 aromatic carbocycles. The van der Waals surface area contributed by atoms with Crippen LogP contribution in [0.5, 0.6) is 0 Å². The second-order valence-corrected chi connectivity index (χ2v) is 14.5. The molecule has 13 heteroatoms. The molecular weight excluding hydrogens is 711 g/mol. The lowest BCUT2D eigenvalue weighted by atomic mass is 9.97. The zero-order chi connectivity index (χ0) is 36.6. The van der Waals surface area contributed by atoms with Crippen LogP contribution in [-0.4, -0.2) is 55.9 Å². The van der Waals surface area contributed by atoms with Crippen LogP contribution >= 0.6 is 23.2 Å². The molecule has 4 N–H and O–H groups in total. The molecule has 0 unspecified atom stereocenters. The van der Waals surface area contributed by atoms with Gasteiger partial charge in [0.1, 0.15) is 11.3 Å². The number of halogens is 2. The van der Waals surface area contributed by atoms with Crippen LogP contribution in [0.25, 0.3) is 50.2 Å². The number of nitrogens with zero attached hydrogens (tertiary/aromatic N) is 4. The average molecular weight is 750 g/mol. The molecule has 11 nitrogen and oxygen atoms in total. The van der Waals surface area contributed by atoms with Crippen LogP contribution in [-0.2, 0) is 29.7 Å². The smallest absolute Gasteiger partial charge is 0.262 e. The van der Waals surface area contributed by atoms with Crippen LogP contribution in [0.1, 0.15) is 36.8 Å². The van der Waals surface area contributed by atoms with Crippen LogP contribution in [0.2, 0.25) is 10.0 Å². The molecule has 0 aliphatic carbocycles. The van der Waals surface area contributed by atoms with Gasteiger partial charge in [0.05, 0.1) is 15.7 Å². The number of fused-ring (bicyclic) bond motifs is 2. The van der Waals surface area contributed by atoms with Crippen LogP contribution in [0, 0.1) is 0 Å². The summed E-state index contributed by atoms with van der Waals surface area (Å²) in [5.74, 6) is 0.180. The highest BCUT2D eigenvalue weighted by Crippen LogP contribution is 2.42. The lowest BCUT2D eigenvalue weighted by Gasteiger charge is -2.14. The van der Waals surface area contributed by atoms with Gasteiger partial charge in [0, 0.05) is 110 Å². The van der Waals surface area contributed by atoms with Crippen LogP contribution in [0.15, 0.2) is 84.0 Å². The number of carbonyl (C=O) groups is 2. The number of carbonyl (C=O) groups excluding carboxylic acids is 2. The van der Waals surface area contributed by atoms with E-state index in [1.54, 1.807) is 12.4 Å². The van der Waals surface area contributed by atoms with Gasteiger partial charge in [-0.2, -0.15) is 0 Å². The van der Waals surface area contributed by atoms with Gasteiger partial charge in [0.25, 0.3) is 5.56 Å². The second-order valence-electron chi connectivity index (χ2n) is 13.8. The molecule has 2 aliphatic rings. The molecule has 2 saturated heterocycles. The molecule has 53 heavy (non-hydrogen) atoms. The first-order valence-corrected chi connectivity index (χ1v) is 18.5. The fraction of sp³-hybridized carbons (Fsp3) is 0.275. The normalized spacial score (nSPS) is 17.2. The number of aryl methyl sites for hydroxylation is 1. The molecule has 2 aliphatic heterocycles. The summed E-state index contributed by atoms with van der Waals surface area (Å²) in [5, 5.41) is 14.8. The molecule has 6 aromatic rings. The Kier molecular flexibility index (Phi) is 9.74. The van der Waals surface area contributed by atoms with E-state index in [0.717, 1.165) is 69.5 Å². The Hall–Kier alpha value is -5.07. The number of benzene rings is 2. The van der Waals surface area contributed by atoms with Crippen LogP contribution in [0.4, 0.5) is 0 Å². The largest absolute Gasteiger partial charge is 0.352 e. The van der Waals surface area contributed by atoms with E-state index in [-0.39, 0.29) is 29.5 Å². The molecule has 2 amide bonds. The van der Waals surface area contributed by atoms with Gasteiger partial charge < -0.3 is 25.8 Å². The minimum absolute atomic E-state index is 0.0637. The maximum atomic E-state index is 13.3. The van der Waals surface area contributed by atoms with Crippen molar-refractivity contribution in [3.8, 4) is 33.5 Å². The third kappa shape index (κ3) is 7.05. The summed E-state index contributed by atoms with van der Waals surface area (Å²) < 4.78 is 3.55. The molecule has 0 bridgehead atoms. The van der Waals surface area contributed by atoms with Crippen molar-refractivity contribution in [1.29, 1.82) is 0 Å². The molecule has 2 atom stereocenters. The van der Waals surface area contributed by atoms with Crippen molar-refractivity contribution in [1.82, 2.24) is 40.2 Å². The van der Waals surface area contributed by atoms with E-state index in [1.165, 1.54) is 4.40 Å². The Bertz CT molecular complexity index is 2460. The fourth-order valence-corrected chi connectivity index (χ4v) is 8.01. The van der Waals surface area contributed by atoms with E-state index in [1.807, 2.05) is 66.2 Å². The summed E-state index contributed by atoms with van der Waals surface area (Å²) in [6, 6.07) is 19.7. The van der Waals surface area contributed by atoms with Crippen molar-refractivity contribution in [3.05, 3.63) is 111 Å². The third-order valence-corrected chi connectivity index (χ3v) is 11.0. The average Bonchev–Trinajstić information content (AvgIpc) is 3.87. The Morgan fingerprint density at radius 2 is 1.42 bits per heavy atom. The monoisotopic (exact) mass is 748 g/mol. The predicted octanol–water partition coefficient (Wildman–Crippen LogP) is 5.63. The Labute approximate surface area is 315 Å². The van der Waals surface area contributed by atoms with Crippen molar-refractivity contribution >= 4 is 51.7 Å². The maximum Gasteiger partial charge on any atom is 0.262 e. The first-order valence-electron chi connectivity index (χ1n) is 17.8. The summed E-state index contributed by atoms with van der Waals surface area (Å²) in [7, 11) is 1.98. The van der Waals surface area contributed by atoms with Crippen molar-refractivity contribution < 1.29 is 9.59 Å². The zero-order valence-corrected chi connectivity index (χ0v) is 30.6. The minimum Gasteiger partial charge on any atom is -0.352 e. The van der Waals surface area contributed by atoms with Gasteiger partial charge in [-0.15, -0.1) is 0 Å². The Balaban J connectivity index is 1.03. The van der Waals surface area contributed by atoms with E-state index in [2.05, 4.69) is 38.5 Å². The summed E-state index contributed by atoms with van der Waals surface area (Å²) in [6.45, 7) is 2.34. The van der Waals surface area contributed by atoms with Crippen LogP contribution in [0.3, 0.4) is 0 Å². The third-order valence-electron chi connectivity index (χ3n) is 10.1. The fourth-order valence-electron chi connectivity index (χ4n) is 7.35. The van der Waals surface area contributed by atoms with E-state index < -0.39 is 0 Å². The number of aromatic nitrogens is 4. The van der Waals surface area contributed by atoms with Gasteiger partial charge in [-0.25, -0.2) is 9.97 Å². The highest BCUT2D eigenvalue weighted by molar-refractivity contribution is 6.39. The second kappa shape index (κ2) is 14.7. The van der Waals surface area contributed by atoms with Gasteiger partial charge in [-0.3, -0.25) is 18.8 Å². The molecule has 6 heterocycles. The van der Waals surface area contributed by atoms with Crippen molar-refractivity contribution in [2.45, 2.75) is 50.9 Å². The molecule has 0 radical (unpaired) electrons. The molecule has 0 saturated carbocycles. The Morgan fingerprint density at radius 3 is 2.08 bits per heavy atom. The summed E-state index contributed by atoms with van der Waals surface area (Å²) in [4.78, 5) is 45.9. The summed E-state index contributed by atoms with van der Waals surface area (Å²) >= 11 is 14.3. The summed E-state index contributed by atoms with van der Waals surface area (Å²) in [6.07, 6.45) is 8.18. The topological polar surface area (TPSA) is 134 Å². The van der Waals surface area contributed by atoms with Gasteiger partial charge >= 0.3 is 0 Å². The van der Waals surface area contributed by atoms with Crippen LogP contribution < -0.4 is 26.8 Å². The lowest BCUT2D eigenvalue weighted by molar-refractivity contribution is -0.120. The standard InChI is InChI=1S/C40H38Cl2N8O3/c1-49-22-25(18-44-21-27-9-13-36(52)47-27)29-10-11-33(48-39(29)49)32-7-3-6-31(38(32)42)30-5-2-4-28(37(30)41)23-14-15-50-34(16-23)45-19-24(40(50)53)17-43-20-26-8-12-35(51)46-26/h2-7,10-11,14-16,19,22,26-27,43-44H,8-9,12-13,17-18,20-21H2,1H3,(H,46,51)(H,47,52)/t26-,27+/m0/s1. The SMILES string of the molecule is Cn1cc(CNC[C@H]2CCC(=O)N2)c2ccc(-c3cccc(-c4cccc(-c5ccn6c(=O)c(CNC[C@@H]7CCC(=O)N7)cnc6c5)c4Cl)c3Cl)nc21. The van der Waals surface area contributed by atoms with Crippen molar-refractivity contribution in [3.63, 3.8) is 0 Å². The number of hydrogen-bond acceptors (Lipinski definition) is 7. The van der Waals surface area contributed by atoms with Gasteiger partial charge in [0.2, 0.25) is 11.8 Å². The number of pyridine rings is 2. The first-order chi connectivity index (χ1) is 25.7.